The number of carbonyl (C=O) groups excluding carboxylic acids is 1. The first-order chi connectivity index (χ1) is 12.9. The number of methoxy groups -OCH3 is 1. The second-order valence-electron chi connectivity index (χ2n) is 7.69. The van der Waals surface area contributed by atoms with Crippen LogP contribution >= 0.6 is 11.6 Å². The van der Waals surface area contributed by atoms with Gasteiger partial charge in [0.05, 0.1) is 11.8 Å². The maximum absolute atomic E-state index is 13.1. The SMILES string of the molecule is COC1CN(C)C(C)(C(=O)Nc2nn(-c3ccc(Cl)cc3)c3c2CCC3)C1. The summed E-state index contributed by atoms with van der Waals surface area (Å²) in [5.74, 6) is 0.651. The molecule has 1 amide bonds. The number of nitrogens with zero attached hydrogens (tertiary/aromatic N) is 3. The largest absolute Gasteiger partial charge is 0.380 e. The standard InChI is InChI=1S/C20H25ClN4O2/c1-20(11-15(27-3)12-24(20)2)19(26)22-18-16-5-4-6-17(16)25(23-18)14-9-7-13(21)8-10-14/h7-10,15H,4-6,11-12H2,1-3H3,(H,22,23,26). The number of carbonyl (C=O) groups is 1. The number of ether oxygens (including phenoxy) is 1. The van der Waals surface area contributed by atoms with Gasteiger partial charge in [0, 0.05) is 36.4 Å². The molecule has 2 heterocycles. The van der Waals surface area contributed by atoms with Gasteiger partial charge in [-0.05, 0) is 57.5 Å². The third kappa shape index (κ3) is 3.16. The lowest BCUT2D eigenvalue weighted by atomic mass is 9.97. The predicted octanol–water partition coefficient (Wildman–Crippen LogP) is 3.06. The average molecular weight is 389 g/mol. The number of fused-ring (bicyclic) bond motifs is 1. The van der Waals surface area contributed by atoms with Gasteiger partial charge in [0.2, 0.25) is 5.91 Å². The summed E-state index contributed by atoms with van der Waals surface area (Å²) in [4.78, 5) is 15.2. The Morgan fingerprint density at radius 1 is 1.33 bits per heavy atom. The Bertz CT molecular complexity index is 864. The van der Waals surface area contributed by atoms with Gasteiger partial charge >= 0.3 is 0 Å². The molecule has 27 heavy (non-hydrogen) atoms. The number of rotatable bonds is 4. The Morgan fingerprint density at radius 3 is 2.74 bits per heavy atom. The number of halogens is 1. The monoisotopic (exact) mass is 388 g/mol. The molecule has 0 radical (unpaired) electrons. The molecule has 1 aromatic heterocycles. The van der Waals surface area contributed by atoms with Crippen LogP contribution in [0.5, 0.6) is 0 Å². The number of hydrogen-bond donors (Lipinski definition) is 1. The van der Waals surface area contributed by atoms with Crippen molar-refractivity contribution >= 4 is 23.3 Å². The molecule has 4 rings (SSSR count). The second kappa shape index (κ2) is 6.93. The molecule has 6 nitrogen and oxygen atoms in total. The molecule has 2 aromatic rings. The summed E-state index contributed by atoms with van der Waals surface area (Å²) in [6.45, 7) is 2.72. The van der Waals surface area contributed by atoms with Crippen molar-refractivity contribution in [2.24, 2.45) is 0 Å². The molecule has 144 valence electrons. The van der Waals surface area contributed by atoms with Gasteiger partial charge in [-0.1, -0.05) is 11.6 Å². The molecule has 1 aromatic carbocycles. The van der Waals surface area contributed by atoms with Gasteiger partial charge in [-0.2, -0.15) is 0 Å². The molecule has 2 aliphatic rings. The molecular formula is C20H25ClN4O2. The zero-order valence-electron chi connectivity index (χ0n) is 16.0. The highest BCUT2D eigenvalue weighted by atomic mass is 35.5. The molecule has 1 aliphatic heterocycles. The van der Waals surface area contributed by atoms with Crippen LogP contribution in [0.1, 0.15) is 31.0 Å². The molecular weight excluding hydrogens is 364 g/mol. The van der Waals surface area contributed by atoms with Gasteiger partial charge < -0.3 is 10.1 Å². The van der Waals surface area contributed by atoms with Crippen molar-refractivity contribution in [3.63, 3.8) is 0 Å². The van der Waals surface area contributed by atoms with E-state index in [-0.39, 0.29) is 12.0 Å². The van der Waals surface area contributed by atoms with Crippen LogP contribution in [0.4, 0.5) is 5.82 Å². The minimum Gasteiger partial charge on any atom is -0.380 e. The second-order valence-corrected chi connectivity index (χ2v) is 8.12. The first-order valence-electron chi connectivity index (χ1n) is 9.34. The summed E-state index contributed by atoms with van der Waals surface area (Å²) >= 11 is 6.01. The van der Waals surface area contributed by atoms with Crippen molar-refractivity contribution in [1.82, 2.24) is 14.7 Å². The average Bonchev–Trinajstić information content (AvgIpc) is 3.32. The van der Waals surface area contributed by atoms with Crippen molar-refractivity contribution in [2.75, 3.05) is 26.0 Å². The molecule has 2 atom stereocenters. The molecule has 2 unspecified atom stereocenters. The minimum absolute atomic E-state index is 0.0278. The van der Waals surface area contributed by atoms with E-state index in [1.807, 2.05) is 42.9 Å². The Morgan fingerprint density at radius 2 is 2.07 bits per heavy atom. The minimum atomic E-state index is -0.601. The van der Waals surface area contributed by atoms with Crippen LogP contribution in [0.3, 0.4) is 0 Å². The van der Waals surface area contributed by atoms with Crippen LogP contribution in [-0.4, -0.2) is 52.9 Å². The summed E-state index contributed by atoms with van der Waals surface area (Å²) in [6, 6.07) is 7.62. The van der Waals surface area contributed by atoms with Crippen molar-refractivity contribution in [3.8, 4) is 5.69 Å². The van der Waals surface area contributed by atoms with Crippen LogP contribution < -0.4 is 5.32 Å². The summed E-state index contributed by atoms with van der Waals surface area (Å²) in [6.07, 6.45) is 3.72. The fraction of sp³-hybridized carbons (Fsp3) is 0.500. The summed E-state index contributed by atoms with van der Waals surface area (Å²) in [7, 11) is 3.66. The van der Waals surface area contributed by atoms with E-state index in [1.165, 1.54) is 5.69 Å². The van der Waals surface area contributed by atoms with Crippen molar-refractivity contribution in [1.29, 1.82) is 0 Å². The van der Waals surface area contributed by atoms with Crippen LogP contribution in [0, 0.1) is 0 Å². The maximum atomic E-state index is 13.1. The Labute approximate surface area is 164 Å². The normalized spacial score (nSPS) is 25.0. The zero-order valence-corrected chi connectivity index (χ0v) is 16.7. The van der Waals surface area contributed by atoms with Gasteiger partial charge in [-0.3, -0.25) is 9.69 Å². The molecule has 0 bridgehead atoms. The maximum Gasteiger partial charge on any atom is 0.245 e. The van der Waals surface area contributed by atoms with E-state index in [0.29, 0.717) is 17.3 Å². The fourth-order valence-electron chi connectivity index (χ4n) is 4.17. The smallest absolute Gasteiger partial charge is 0.245 e. The van der Waals surface area contributed by atoms with E-state index in [1.54, 1.807) is 7.11 Å². The molecule has 1 N–H and O–H groups in total. The van der Waals surface area contributed by atoms with Crippen molar-refractivity contribution < 1.29 is 9.53 Å². The van der Waals surface area contributed by atoms with Gasteiger partial charge in [0.25, 0.3) is 0 Å². The van der Waals surface area contributed by atoms with Crippen LogP contribution in [-0.2, 0) is 22.4 Å². The number of amides is 1. The van der Waals surface area contributed by atoms with Crippen LogP contribution in [0.25, 0.3) is 5.69 Å². The zero-order chi connectivity index (χ0) is 19.2. The lowest BCUT2D eigenvalue weighted by Crippen LogP contribution is -2.49. The molecule has 1 fully saturated rings. The Balaban J connectivity index is 1.62. The van der Waals surface area contributed by atoms with E-state index in [4.69, 9.17) is 21.4 Å². The Hall–Kier alpha value is -1.89. The van der Waals surface area contributed by atoms with Crippen LogP contribution in [0.2, 0.25) is 5.02 Å². The number of aromatic nitrogens is 2. The number of nitrogens with one attached hydrogen (secondary N) is 1. The number of likely N-dealkylation sites (N-methyl/N-ethyl adjacent to an activating group) is 1. The van der Waals surface area contributed by atoms with Gasteiger partial charge in [0.1, 0.15) is 5.54 Å². The molecule has 7 heteroatoms. The van der Waals surface area contributed by atoms with Crippen LogP contribution in [0.15, 0.2) is 24.3 Å². The number of benzene rings is 1. The number of anilines is 1. The van der Waals surface area contributed by atoms with E-state index in [0.717, 1.165) is 37.1 Å². The molecule has 0 spiro atoms. The van der Waals surface area contributed by atoms with E-state index in [9.17, 15) is 4.79 Å². The highest BCUT2D eigenvalue weighted by Gasteiger charge is 2.46. The first-order valence-corrected chi connectivity index (χ1v) is 9.72. The quantitative estimate of drug-likeness (QED) is 0.874. The van der Waals surface area contributed by atoms with Crippen molar-refractivity contribution in [3.05, 3.63) is 40.5 Å². The highest BCUT2D eigenvalue weighted by Crippen LogP contribution is 2.34. The van der Waals surface area contributed by atoms with E-state index < -0.39 is 5.54 Å². The van der Waals surface area contributed by atoms with E-state index in [2.05, 4.69) is 10.2 Å². The molecule has 1 saturated heterocycles. The predicted molar refractivity (Wildman–Crippen MR) is 106 cm³/mol. The summed E-state index contributed by atoms with van der Waals surface area (Å²) in [5, 5.41) is 8.53. The highest BCUT2D eigenvalue weighted by molar-refractivity contribution is 6.30. The summed E-state index contributed by atoms with van der Waals surface area (Å²) in [5.41, 5.74) is 2.68. The molecule has 1 aliphatic carbocycles. The third-order valence-corrected chi connectivity index (χ3v) is 6.25. The lowest BCUT2D eigenvalue weighted by Gasteiger charge is -2.30. The number of likely N-dealkylation sites (tertiary alicyclic amines) is 1. The first kappa shape index (κ1) is 18.5. The summed E-state index contributed by atoms with van der Waals surface area (Å²) < 4.78 is 7.41. The fourth-order valence-corrected chi connectivity index (χ4v) is 4.30. The molecule has 0 saturated carbocycles. The van der Waals surface area contributed by atoms with Gasteiger partial charge in [-0.15, -0.1) is 5.10 Å². The Kier molecular flexibility index (Phi) is 4.74. The van der Waals surface area contributed by atoms with Gasteiger partial charge in [0.15, 0.2) is 5.82 Å². The lowest BCUT2D eigenvalue weighted by molar-refractivity contribution is -0.125. The third-order valence-electron chi connectivity index (χ3n) is 6.00. The van der Waals surface area contributed by atoms with Crippen molar-refractivity contribution in [2.45, 2.75) is 44.2 Å². The van der Waals surface area contributed by atoms with E-state index >= 15 is 0 Å². The topological polar surface area (TPSA) is 59.4 Å². The van der Waals surface area contributed by atoms with Gasteiger partial charge in [-0.25, -0.2) is 4.68 Å². The number of hydrogen-bond acceptors (Lipinski definition) is 4.